The first-order valence-electron chi connectivity index (χ1n) is 8.58. The van der Waals surface area contributed by atoms with Gasteiger partial charge in [-0.2, -0.15) is 0 Å². The molecule has 0 spiro atoms. The maximum atomic E-state index is 13.6. The lowest BCUT2D eigenvalue weighted by Gasteiger charge is -2.09. The van der Waals surface area contributed by atoms with Crippen molar-refractivity contribution in [2.45, 2.75) is 48.5 Å². The molecule has 0 aromatic heterocycles. The predicted molar refractivity (Wildman–Crippen MR) is 111 cm³/mol. The van der Waals surface area contributed by atoms with E-state index in [2.05, 4.69) is 5.43 Å². The van der Waals surface area contributed by atoms with Crippen molar-refractivity contribution in [2.24, 2.45) is 0 Å². The zero-order valence-electron chi connectivity index (χ0n) is 16.3. The molecule has 0 bridgehead atoms. The van der Waals surface area contributed by atoms with E-state index in [9.17, 15) is 4.39 Å². The highest BCUT2D eigenvalue weighted by atomic mass is 19.1. The minimum atomic E-state index is -0.350. The van der Waals surface area contributed by atoms with Crippen LogP contribution in [0.4, 0.5) is 10.1 Å². The lowest BCUT2D eigenvalue weighted by atomic mass is 10.1. The van der Waals surface area contributed by atoms with Crippen LogP contribution in [0.25, 0.3) is 5.57 Å². The van der Waals surface area contributed by atoms with Crippen LogP contribution in [-0.2, 0) is 0 Å². The van der Waals surface area contributed by atoms with Crippen molar-refractivity contribution in [1.82, 2.24) is 10.4 Å². The monoisotopic (exact) mass is 371 g/mol. The van der Waals surface area contributed by atoms with E-state index in [4.69, 9.17) is 10.3 Å². The molecule has 0 atom stereocenters. The molecule has 26 heavy (non-hydrogen) atoms. The van der Waals surface area contributed by atoms with Gasteiger partial charge in [-0.05, 0) is 44.0 Å². The fourth-order valence-corrected chi connectivity index (χ4v) is 1.54. The van der Waals surface area contributed by atoms with Crippen LogP contribution in [0.3, 0.4) is 0 Å². The first-order chi connectivity index (χ1) is 12.0. The third kappa shape index (κ3) is 12.5. The van der Waals surface area contributed by atoms with E-state index in [1.807, 2.05) is 64.3 Å². The molecule has 1 aromatic rings. The fourth-order valence-electron chi connectivity index (χ4n) is 1.54. The zero-order chi connectivity index (χ0) is 19.7. The topological polar surface area (TPSA) is 67.8 Å². The van der Waals surface area contributed by atoms with Crippen LogP contribution in [0.2, 0.25) is 0 Å². The highest BCUT2D eigenvalue weighted by Gasteiger charge is 2.14. The van der Waals surface area contributed by atoms with Gasteiger partial charge in [-0.25, -0.2) is 9.40 Å². The Balaban J connectivity index is -0.000000407. The Morgan fingerprint density at radius 1 is 1.27 bits per heavy atom. The Morgan fingerprint density at radius 3 is 2.12 bits per heavy atom. The van der Waals surface area contributed by atoms with E-state index < -0.39 is 0 Å². The van der Waals surface area contributed by atoms with Crippen molar-refractivity contribution in [3.63, 3.8) is 0 Å². The third-order valence-corrected chi connectivity index (χ3v) is 2.87. The summed E-state index contributed by atoms with van der Waals surface area (Å²) in [5.74, 6) is -0.350. The number of hydrogen-bond donors (Lipinski definition) is 4. The van der Waals surface area contributed by atoms with Crippen LogP contribution in [0, 0.1) is 5.82 Å². The molecular weight excluding hydrogens is 333 g/mol. The van der Waals surface area contributed by atoms with E-state index in [1.165, 1.54) is 6.07 Å². The second-order valence-corrected chi connectivity index (χ2v) is 4.85. The molecule has 0 aliphatic carbocycles. The van der Waals surface area contributed by atoms with Gasteiger partial charge in [0.15, 0.2) is 0 Å². The van der Waals surface area contributed by atoms with E-state index in [0.717, 1.165) is 12.0 Å². The molecule has 0 unspecified atom stereocenters. The lowest BCUT2D eigenvalue weighted by Crippen LogP contribution is -2.24. The summed E-state index contributed by atoms with van der Waals surface area (Å²) in [6.45, 7) is 10.9. The molecule has 2 rings (SSSR count). The smallest absolute Gasteiger partial charge is 0.132 e. The third-order valence-electron chi connectivity index (χ3n) is 2.87. The zero-order valence-corrected chi connectivity index (χ0v) is 16.3. The highest BCUT2D eigenvalue weighted by molar-refractivity contribution is 5.69. The first-order valence-corrected chi connectivity index (χ1v) is 8.58. The Morgan fingerprint density at radius 2 is 1.81 bits per heavy atom. The van der Waals surface area contributed by atoms with Gasteiger partial charge in [0.2, 0.25) is 0 Å². The maximum absolute atomic E-state index is 13.6. The van der Waals surface area contributed by atoms with Gasteiger partial charge in [-0.15, -0.1) is 0 Å². The van der Waals surface area contributed by atoms with Gasteiger partial charge in [0.05, 0.1) is 5.69 Å². The number of halogens is 1. The Hall–Kier alpha value is -1.89. The minimum absolute atomic E-state index is 0. The number of aliphatic hydroxyl groups is 1. The van der Waals surface area contributed by atoms with Crippen LogP contribution < -0.4 is 10.9 Å². The molecule has 6 heteroatoms. The highest BCUT2D eigenvalue weighted by Crippen LogP contribution is 2.23. The quantitative estimate of drug-likeness (QED) is 0.442. The summed E-state index contributed by atoms with van der Waals surface area (Å²) in [7, 11) is 1.88. The first kappa shape index (κ1) is 28.9. The Labute approximate surface area is 159 Å². The molecule has 1 aromatic carbocycles. The number of nitrogens with one attached hydrogen (secondary N) is 2. The van der Waals surface area contributed by atoms with E-state index in [1.54, 1.807) is 18.3 Å². The average molecular weight is 372 g/mol. The standard InChI is InChI=1S/C10H12FN3O.C4H8.C3H8O.C2H6.CH4/c1-14-6-7(5-12-14)9-3-2-8(13-15)4-10(9)11;1-3-4-2;1-2-3-4;1-2;/h2-5,12-13,15H,6H2,1H3;3-4H,1-2H3;4H,2-3H2,1H3;1-2H3;1H4/b;4-3+;;;. The summed E-state index contributed by atoms with van der Waals surface area (Å²) in [5, 5.41) is 18.3. The summed E-state index contributed by atoms with van der Waals surface area (Å²) < 4.78 is 13.6. The van der Waals surface area contributed by atoms with Gasteiger partial charge < -0.3 is 10.5 Å². The molecule has 1 heterocycles. The molecular formula is C20H38FN3O2. The van der Waals surface area contributed by atoms with Gasteiger partial charge in [-0.3, -0.25) is 10.7 Å². The lowest BCUT2D eigenvalue weighted by molar-refractivity contribution is 0.295. The van der Waals surface area contributed by atoms with Crippen molar-refractivity contribution in [2.75, 3.05) is 25.7 Å². The molecule has 4 N–H and O–H groups in total. The molecule has 0 fully saturated rings. The SMILES string of the molecule is C.C/C=C/C.CC.CCCO.CN1CC(c2ccc(NO)cc2F)=CN1. The van der Waals surface area contributed by atoms with Crippen molar-refractivity contribution < 1.29 is 14.7 Å². The van der Waals surface area contributed by atoms with E-state index >= 15 is 0 Å². The maximum Gasteiger partial charge on any atom is 0.132 e. The average Bonchev–Trinajstić information content (AvgIpc) is 3.09. The van der Waals surface area contributed by atoms with Crippen LogP contribution in [0.5, 0.6) is 0 Å². The van der Waals surface area contributed by atoms with Gasteiger partial charge >= 0.3 is 0 Å². The number of hydrazine groups is 1. The van der Waals surface area contributed by atoms with Crippen LogP contribution in [0.15, 0.2) is 36.6 Å². The number of likely N-dealkylation sites (N-methyl/N-ethyl adjacent to an activating group) is 1. The predicted octanol–water partition coefficient (Wildman–Crippen LogP) is 5.05. The number of hydrogen-bond acceptors (Lipinski definition) is 5. The minimum Gasteiger partial charge on any atom is -0.396 e. The molecule has 0 saturated carbocycles. The number of allylic oxidation sites excluding steroid dienone is 2. The number of rotatable bonds is 3. The van der Waals surface area contributed by atoms with Gasteiger partial charge in [0, 0.05) is 32.0 Å². The van der Waals surface area contributed by atoms with Crippen molar-refractivity contribution in [3.05, 3.63) is 47.9 Å². The molecule has 0 radical (unpaired) electrons. The fraction of sp³-hybridized carbons (Fsp3) is 0.500. The number of nitrogens with zero attached hydrogens (tertiary/aromatic N) is 1. The van der Waals surface area contributed by atoms with Crippen LogP contribution in [0.1, 0.15) is 54.0 Å². The van der Waals surface area contributed by atoms with Gasteiger partial charge in [-0.1, -0.05) is 40.3 Å². The van der Waals surface area contributed by atoms with Gasteiger partial charge in [0.25, 0.3) is 0 Å². The summed E-state index contributed by atoms with van der Waals surface area (Å²) >= 11 is 0. The summed E-state index contributed by atoms with van der Waals surface area (Å²) in [6.07, 6.45) is 6.64. The molecule has 5 nitrogen and oxygen atoms in total. The van der Waals surface area contributed by atoms with Crippen molar-refractivity contribution in [3.8, 4) is 0 Å². The Bertz CT molecular complexity index is 500. The Kier molecular flexibility index (Phi) is 21.6. The second-order valence-electron chi connectivity index (χ2n) is 4.85. The number of anilines is 1. The summed E-state index contributed by atoms with van der Waals surface area (Å²) in [6, 6.07) is 4.52. The molecule has 0 amide bonds. The normalized spacial score (nSPS) is 12.1. The van der Waals surface area contributed by atoms with E-state index in [-0.39, 0.29) is 13.2 Å². The molecule has 152 valence electrons. The summed E-state index contributed by atoms with van der Waals surface area (Å²) in [4.78, 5) is 0. The van der Waals surface area contributed by atoms with E-state index in [0.29, 0.717) is 24.4 Å². The van der Waals surface area contributed by atoms with Crippen molar-refractivity contribution >= 4 is 11.3 Å². The van der Waals surface area contributed by atoms with Gasteiger partial charge in [0.1, 0.15) is 5.82 Å². The molecule has 1 aliphatic heterocycles. The summed E-state index contributed by atoms with van der Waals surface area (Å²) in [5.41, 5.74) is 6.65. The second kappa shape index (κ2) is 19.4. The van der Waals surface area contributed by atoms with Crippen LogP contribution in [-0.4, -0.2) is 35.5 Å². The van der Waals surface area contributed by atoms with Crippen molar-refractivity contribution in [1.29, 1.82) is 0 Å². The van der Waals surface area contributed by atoms with Crippen LogP contribution >= 0.6 is 0 Å². The largest absolute Gasteiger partial charge is 0.396 e. The molecule has 0 saturated heterocycles. The molecule has 1 aliphatic rings. The number of aliphatic hydroxyl groups excluding tert-OH is 1. The number of benzene rings is 1.